The van der Waals surface area contributed by atoms with Crippen molar-refractivity contribution in [2.45, 2.75) is 57.8 Å². The van der Waals surface area contributed by atoms with Crippen molar-refractivity contribution in [1.29, 1.82) is 0 Å². The molecule has 0 aliphatic carbocycles. The molecule has 0 saturated heterocycles. The lowest BCUT2D eigenvalue weighted by molar-refractivity contribution is 0.282. The summed E-state index contributed by atoms with van der Waals surface area (Å²) in [6.45, 7) is 8.38. The molecule has 0 heterocycles. The summed E-state index contributed by atoms with van der Waals surface area (Å²) >= 11 is 0. The van der Waals surface area contributed by atoms with E-state index < -0.39 is 8.32 Å². The number of unbranched alkanes of at least 4 members (excludes halogenated alkanes) is 1. The molecule has 1 aromatic carbocycles. The van der Waals surface area contributed by atoms with E-state index in [4.69, 9.17) is 5.11 Å². The molecule has 2 nitrogen and oxygen atoms in total. The van der Waals surface area contributed by atoms with Crippen LogP contribution in [0.1, 0.15) is 44.2 Å². The maximum atomic E-state index is 10.2. The van der Waals surface area contributed by atoms with E-state index in [1.165, 1.54) is 0 Å². The Bertz CT molecular complexity index is 472. The van der Waals surface area contributed by atoms with Crippen molar-refractivity contribution in [1.82, 2.24) is 0 Å². The Morgan fingerprint density at radius 3 is 2.25 bits per heavy atom. The average molecular weight is 290 g/mol. The highest BCUT2D eigenvalue weighted by Crippen LogP contribution is 2.39. The zero-order valence-corrected chi connectivity index (χ0v) is 14.0. The van der Waals surface area contributed by atoms with Gasteiger partial charge < -0.3 is 9.90 Å². The van der Waals surface area contributed by atoms with E-state index in [-0.39, 0.29) is 11.6 Å². The fourth-order valence-electron chi connectivity index (χ4n) is 1.78. The summed E-state index contributed by atoms with van der Waals surface area (Å²) in [7, 11) is -2.09. The molecule has 110 valence electrons. The van der Waals surface area contributed by atoms with Gasteiger partial charge in [-0.3, -0.25) is 0 Å². The number of aliphatic hydroxyl groups excluding tert-OH is 1. The molecular formula is C17H26O2Si. The maximum absolute atomic E-state index is 10.2. The van der Waals surface area contributed by atoms with Crippen molar-refractivity contribution >= 4 is 8.32 Å². The smallest absolute Gasteiger partial charge is 0.188 e. The van der Waals surface area contributed by atoms with E-state index in [1.54, 1.807) is 0 Å². The molecule has 0 aromatic heterocycles. The second-order valence-corrected chi connectivity index (χ2v) is 10.9. The first kappa shape index (κ1) is 17.0. The largest absolute Gasteiger partial charge is 0.432 e. The van der Waals surface area contributed by atoms with Gasteiger partial charge >= 0.3 is 0 Å². The van der Waals surface area contributed by atoms with Gasteiger partial charge in [-0.1, -0.05) is 37.8 Å². The normalized spacial score (nSPS) is 11.9. The lowest BCUT2D eigenvalue weighted by Crippen LogP contribution is -2.38. The van der Waals surface area contributed by atoms with Gasteiger partial charge in [0.05, 0.1) is 6.61 Å². The SMILES string of the molecule is CC(C)(CCCC#Cc1ccc(CO)cc1)[Si](C)(C)O. The summed E-state index contributed by atoms with van der Waals surface area (Å²) < 4.78 is 0. The number of benzene rings is 1. The van der Waals surface area contributed by atoms with Gasteiger partial charge in [0.1, 0.15) is 0 Å². The van der Waals surface area contributed by atoms with Crippen molar-refractivity contribution in [3.05, 3.63) is 35.4 Å². The Kier molecular flexibility index (Phi) is 6.00. The van der Waals surface area contributed by atoms with Gasteiger partial charge in [-0.25, -0.2) is 0 Å². The van der Waals surface area contributed by atoms with Crippen molar-refractivity contribution in [3.63, 3.8) is 0 Å². The number of hydrogen-bond acceptors (Lipinski definition) is 2. The summed E-state index contributed by atoms with van der Waals surface area (Å²) in [5.74, 6) is 6.32. The van der Waals surface area contributed by atoms with Crippen LogP contribution in [0.3, 0.4) is 0 Å². The van der Waals surface area contributed by atoms with Crippen LogP contribution in [0, 0.1) is 11.8 Å². The minimum Gasteiger partial charge on any atom is -0.432 e. The van der Waals surface area contributed by atoms with Crippen molar-refractivity contribution in [3.8, 4) is 11.8 Å². The quantitative estimate of drug-likeness (QED) is 0.493. The molecule has 0 spiro atoms. The van der Waals surface area contributed by atoms with Gasteiger partial charge in [-0.15, -0.1) is 0 Å². The summed E-state index contributed by atoms with van der Waals surface area (Å²) in [5, 5.41) is 9.00. The summed E-state index contributed by atoms with van der Waals surface area (Å²) in [5.41, 5.74) is 1.89. The number of rotatable bonds is 5. The molecule has 0 radical (unpaired) electrons. The van der Waals surface area contributed by atoms with Crippen molar-refractivity contribution in [2.75, 3.05) is 0 Å². The van der Waals surface area contributed by atoms with Crippen LogP contribution in [0.25, 0.3) is 0 Å². The first-order valence-electron chi connectivity index (χ1n) is 7.17. The molecule has 20 heavy (non-hydrogen) atoms. The molecule has 0 bridgehead atoms. The molecule has 0 amide bonds. The van der Waals surface area contributed by atoms with Crippen molar-refractivity contribution in [2.24, 2.45) is 0 Å². The van der Waals surface area contributed by atoms with E-state index in [0.29, 0.717) is 0 Å². The first-order valence-corrected chi connectivity index (χ1v) is 10.1. The lowest BCUT2D eigenvalue weighted by atomic mass is 10.1. The third kappa shape index (κ3) is 5.13. The van der Waals surface area contributed by atoms with Gasteiger partial charge in [-0.05, 0) is 48.7 Å². The van der Waals surface area contributed by atoms with Crippen LogP contribution in [0.5, 0.6) is 0 Å². The average Bonchev–Trinajstić information content (AvgIpc) is 2.37. The highest BCUT2D eigenvalue weighted by Gasteiger charge is 2.37. The fourth-order valence-corrected chi connectivity index (χ4v) is 2.57. The molecule has 1 rings (SSSR count). The first-order chi connectivity index (χ1) is 9.26. The predicted molar refractivity (Wildman–Crippen MR) is 86.8 cm³/mol. The summed E-state index contributed by atoms with van der Waals surface area (Å²) in [4.78, 5) is 10.2. The monoisotopic (exact) mass is 290 g/mol. The maximum Gasteiger partial charge on any atom is 0.188 e. The molecule has 0 aliphatic rings. The fraction of sp³-hybridized carbons (Fsp3) is 0.529. The standard InChI is InChI=1S/C17H26O2Si/c1-17(2,20(3,4)19)13-7-5-6-8-15-9-11-16(14-18)12-10-15/h9-12,18-19H,5,7,13-14H2,1-4H3. The molecule has 0 saturated carbocycles. The predicted octanol–water partition coefficient (Wildman–Crippen LogP) is 3.68. The molecule has 1 aromatic rings. The van der Waals surface area contributed by atoms with Crippen LogP contribution in [0.4, 0.5) is 0 Å². The zero-order valence-electron chi connectivity index (χ0n) is 13.0. The highest BCUT2D eigenvalue weighted by molar-refractivity contribution is 6.72. The lowest BCUT2D eigenvalue weighted by Gasteiger charge is -2.34. The molecule has 0 unspecified atom stereocenters. The van der Waals surface area contributed by atoms with E-state index in [9.17, 15) is 4.80 Å². The minimum absolute atomic E-state index is 0.0391. The van der Waals surface area contributed by atoms with Crippen LogP contribution in [0.15, 0.2) is 24.3 Å². The summed E-state index contributed by atoms with van der Waals surface area (Å²) in [6.07, 6.45) is 2.89. The molecule has 2 N–H and O–H groups in total. The van der Waals surface area contributed by atoms with Gasteiger partial charge in [0.2, 0.25) is 0 Å². The Labute approximate surface area is 124 Å². The second-order valence-electron chi connectivity index (χ2n) is 6.45. The Morgan fingerprint density at radius 2 is 1.75 bits per heavy atom. The number of aliphatic hydroxyl groups is 1. The van der Waals surface area contributed by atoms with E-state index >= 15 is 0 Å². The van der Waals surface area contributed by atoms with E-state index in [2.05, 4.69) is 25.7 Å². The van der Waals surface area contributed by atoms with Crippen LogP contribution in [0.2, 0.25) is 18.1 Å². The molecule has 3 heteroatoms. The third-order valence-corrected chi connectivity index (χ3v) is 7.69. The zero-order chi connectivity index (χ0) is 15.2. The third-order valence-electron chi connectivity index (χ3n) is 4.13. The minimum atomic E-state index is -2.09. The Balaban J connectivity index is 2.43. The second kappa shape index (κ2) is 7.08. The number of hydrogen-bond donors (Lipinski definition) is 2. The van der Waals surface area contributed by atoms with E-state index in [1.807, 2.05) is 37.4 Å². The van der Waals surface area contributed by atoms with Gasteiger partial charge in [0.15, 0.2) is 8.32 Å². The van der Waals surface area contributed by atoms with Crippen LogP contribution in [-0.2, 0) is 6.61 Å². The van der Waals surface area contributed by atoms with E-state index in [0.717, 1.165) is 30.4 Å². The van der Waals surface area contributed by atoms with Gasteiger partial charge in [0.25, 0.3) is 0 Å². The molecule has 0 aliphatic heterocycles. The molecule has 0 fully saturated rings. The van der Waals surface area contributed by atoms with Gasteiger partial charge in [-0.2, -0.15) is 0 Å². The Morgan fingerprint density at radius 1 is 1.15 bits per heavy atom. The van der Waals surface area contributed by atoms with Crippen molar-refractivity contribution < 1.29 is 9.90 Å². The van der Waals surface area contributed by atoms with Crippen LogP contribution < -0.4 is 0 Å². The summed E-state index contributed by atoms with van der Waals surface area (Å²) in [6, 6.07) is 7.67. The Hall–Kier alpha value is -1.08. The van der Waals surface area contributed by atoms with Crippen LogP contribution in [-0.4, -0.2) is 18.2 Å². The highest BCUT2D eigenvalue weighted by atomic mass is 28.4. The molecular weight excluding hydrogens is 264 g/mol. The molecule has 0 atom stereocenters. The van der Waals surface area contributed by atoms with Crippen LogP contribution >= 0.6 is 0 Å². The van der Waals surface area contributed by atoms with Gasteiger partial charge in [0, 0.05) is 12.0 Å². The topological polar surface area (TPSA) is 40.5 Å².